The number of primary sulfonamides is 1. The van der Waals surface area contributed by atoms with E-state index in [2.05, 4.69) is 6.92 Å². The van der Waals surface area contributed by atoms with Gasteiger partial charge in [-0.2, -0.15) is 0 Å². The van der Waals surface area contributed by atoms with Gasteiger partial charge in [0.1, 0.15) is 0 Å². The zero-order valence-electron chi connectivity index (χ0n) is 11.9. The fraction of sp³-hybridized carbons (Fsp3) is 0.500. The van der Waals surface area contributed by atoms with E-state index in [9.17, 15) is 13.2 Å². The number of ether oxygens (including phenoxy) is 1. The van der Waals surface area contributed by atoms with Crippen molar-refractivity contribution in [3.63, 3.8) is 0 Å². The Labute approximate surface area is 120 Å². The monoisotopic (exact) mass is 299 g/mol. The summed E-state index contributed by atoms with van der Waals surface area (Å²) >= 11 is 0. The van der Waals surface area contributed by atoms with Crippen molar-refractivity contribution in [3.05, 3.63) is 29.3 Å². The highest BCUT2D eigenvalue weighted by Crippen LogP contribution is 2.17. The summed E-state index contributed by atoms with van der Waals surface area (Å²) in [6.45, 7) is 4.29. The minimum atomic E-state index is -3.82. The summed E-state index contributed by atoms with van der Waals surface area (Å²) in [7, 11) is -3.82. The van der Waals surface area contributed by atoms with E-state index < -0.39 is 16.0 Å². The molecule has 1 aromatic rings. The van der Waals surface area contributed by atoms with E-state index >= 15 is 0 Å². The first-order valence-corrected chi connectivity index (χ1v) is 8.27. The molecule has 1 aromatic carbocycles. The van der Waals surface area contributed by atoms with E-state index in [0.29, 0.717) is 13.0 Å². The van der Waals surface area contributed by atoms with Gasteiger partial charge in [0.15, 0.2) is 0 Å². The Morgan fingerprint density at radius 2 is 1.95 bits per heavy atom. The number of hydrogen-bond acceptors (Lipinski definition) is 4. The van der Waals surface area contributed by atoms with Crippen molar-refractivity contribution in [2.75, 3.05) is 6.61 Å². The van der Waals surface area contributed by atoms with Crippen molar-refractivity contribution in [3.8, 4) is 0 Å². The van der Waals surface area contributed by atoms with Crippen molar-refractivity contribution >= 4 is 16.0 Å². The molecule has 0 heterocycles. The third-order valence-corrected chi connectivity index (χ3v) is 3.90. The number of carbonyl (C=O) groups excluding carboxylic acids is 1. The van der Waals surface area contributed by atoms with E-state index in [1.807, 2.05) is 6.92 Å². The van der Waals surface area contributed by atoms with Gasteiger partial charge in [0, 0.05) is 0 Å². The fourth-order valence-corrected chi connectivity index (χ4v) is 2.37. The zero-order valence-corrected chi connectivity index (χ0v) is 12.7. The Balaban J connectivity index is 2.93. The normalized spacial score (nSPS) is 11.3. The Hall–Kier alpha value is -1.40. The van der Waals surface area contributed by atoms with Gasteiger partial charge in [-0.15, -0.1) is 0 Å². The molecule has 1 rings (SSSR count). The highest BCUT2D eigenvalue weighted by atomic mass is 32.2. The molecule has 112 valence electrons. The van der Waals surface area contributed by atoms with Crippen LogP contribution < -0.4 is 5.14 Å². The standard InChI is InChI=1S/C14H21NO4S/c1-3-5-6-9-19-14(16)13-10-12(20(15,17)18)8-7-11(13)4-2/h7-8,10H,3-6,9H2,1-2H3,(H2,15,17,18). The Morgan fingerprint density at radius 3 is 2.50 bits per heavy atom. The highest BCUT2D eigenvalue weighted by Gasteiger charge is 2.16. The summed E-state index contributed by atoms with van der Waals surface area (Å²) in [6.07, 6.45) is 3.45. The molecule has 2 N–H and O–H groups in total. The number of sulfonamides is 1. The van der Waals surface area contributed by atoms with Gasteiger partial charge >= 0.3 is 5.97 Å². The van der Waals surface area contributed by atoms with Gasteiger partial charge < -0.3 is 4.74 Å². The quantitative estimate of drug-likeness (QED) is 0.618. The second-order valence-electron chi connectivity index (χ2n) is 4.56. The fourth-order valence-electron chi connectivity index (χ4n) is 1.83. The van der Waals surface area contributed by atoms with E-state index in [1.54, 1.807) is 6.07 Å². The average Bonchev–Trinajstić information content (AvgIpc) is 2.41. The molecule has 0 spiro atoms. The summed E-state index contributed by atoms with van der Waals surface area (Å²) < 4.78 is 27.8. The van der Waals surface area contributed by atoms with Crippen molar-refractivity contribution in [2.45, 2.75) is 44.4 Å². The SMILES string of the molecule is CCCCCOC(=O)c1cc(S(N)(=O)=O)ccc1CC. The van der Waals surface area contributed by atoms with Crippen LogP contribution in [0.5, 0.6) is 0 Å². The van der Waals surface area contributed by atoms with Crippen LogP contribution in [0.3, 0.4) is 0 Å². The summed E-state index contributed by atoms with van der Waals surface area (Å²) in [5, 5.41) is 5.08. The molecule has 0 saturated carbocycles. The van der Waals surface area contributed by atoms with Crippen LogP contribution in [0, 0.1) is 0 Å². The summed E-state index contributed by atoms with van der Waals surface area (Å²) in [5.74, 6) is -0.497. The smallest absolute Gasteiger partial charge is 0.338 e. The lowest BCUT2D eigenvalue weighted by Gasteiger charge is -2.10. The Morgan fingerprint density at radius 1 is 1.25 bits per heavy atom. The van der Waals surface area contributed by atoms with Gasteiger partial charge in [0.2, 0.25) is 10.0 Å². The minimum absolute atomic E-state index is 0.0739. The lowest BCUT2D eigenvalue weighted by Crippen LogP contribution is -2.15. The van der Waals surface area contributed by atoms with E-state index in [0.717, 1.165) is 24.8 Å². The predicted octanol–water partition coefficient (Wildman–Crippen LogP) is 2.24. The van der Waals surface area contributed by atoms with Gasteiger partial charge in [-0.3, -0.25) is 0 Å². The van der Waals surface area contributed by atoms with Gasteiger partial charge in [-0.25, -0.2) is 18.4 Å². The molecule has 0 aliphatic heterocycles. The number of rotatable bonds is 7. The molecule has 0 atom stereocenters. The molecule has 0 aliphatic carbocycles. The first-order valence-electron chi connectivity index (χ1n) is 6.73. The first-order chi connectivity index (χ1) is 9.40. The van der Waals surface area contributed by atoms with Crippen LogP contribution in [0.15, 0.2) is 23.1 Å². The molecule has 6 heteroatoms. The predicted molar refractivity (Wildman–Crippen MR) is 77.0 cm³/mol. The number of benzene rings is 1. The van der Waals surface area contributed by atoms with Gasteiger partial charge in [-0.05, 0) is 30.5 Å². The van der Waals surface area contributed by atoms with Crippen molar-refractivity contribution in [1.29, 1.82) is 0 Å². The maximum Gasteiger partial charge on any atom is 0.338 e. The second kappa shape index (κ2) is 7.40. The van der Waals surface area contributed by atoms with Gasteiger partial charge in [0.25, 0.3) is 0 Å². The van der Waals surface area contributed by atoms with E-state index in [1.165, 1.54) is 12.1 Å². The number of carbonyl (C=O) groups is 1. The molecular weight excluding hydrogens is 278 g/mol. The number of aryl methyl sites for hydroxylation is 1. The third-order valence-electron chi connectivity index (χ3n) is 2.99. The molecule has 0 radical (unpaired) electrons. The molecule has 0 amide bonds. The molecule has 0 bridgehead atoms. The minimum Gasteiger partial charge on any atom is -0.462 e. The van der Waals surface area contributed by atoms with Crippen LogP contribution in [0.25, 0.3) is 0 Å². The van der Waals surface area contributed by atoms with Crippen LogP contribution in [0.4, 0.5) is 0 Å². The summed E-state index contributed by atoms with van der Waals surface area (Å²) in [6, 6.07) is 4.29. The number of esters is 1. The molecule has 0 aliphatic rings. The van der Waals surface area contributed by atoms with Crippen molar-refractivity contribution in [1.82, 2.24) is 0 Å². The lowest BCUT2D eigenvalue weighted by molar-refractivity contribution is 0.0496. The molecule has 5 nitrogen and oxygen atoms in total. The zero-order chi connectivity index (χ0) is 15.2. The molecule has 0 unspecified atom stereocenters. The van der Waals surface area contributed by atoms with Crippen LogP contribution in [0.1, 0.15) is 49.0 Å². The topological polar surface area (TPSA) is 86.5 Å². The second-order valence-corrected chi connectivity index (χ2v) is 6.12. The van der Waals surface area contributed by atoms with Crippen molar-refractivity contribution in [2.24, 2.45) is 5.14 Å². The molecule has 0 fully saturated rings. The summed E-state index contributed by atoms with van der Waals surface area (Å²) in [4.78, 5) is 11.9. The molecule has 20 heavy (non-hydrogen) atoms. The van der Waals surface area contributed by atoms with Crippen LogP contribution >= 0.6 is 0 Å². The van der Waals surface area contributed by atoms with Crippen molar-refractivity contribution < 1.29 is 17.9 Å². The average molecular weight is 299 g/mol. The maximum absolute atomic E-state index is 12.0. The van der Waals surface area contributed by atoms with Crippen LogP contribution in [0.2, 0.25) is 0 Å². The first kappa shape index (κ1) is 16.7. The number of hydrogen-bond donors (Lipinski definition) is 1. The molecule has 0 aromatic heterocycles. The van der Waals surface area contributed by atoms with Crippen LogP contribution in [-0.4, -0.2) is 21.0 Å². The Bertz CT molecular complexity index is 567. The molecule has 0 saturated heterocycles. The highest BCUT2D eigenvalue weighted by molar-refractivity contribution is 7.89. The van der Waals surface area contributed by atoms with Gasteiger partial charge in [-0.1, -0.05) is 32.8 Å². The van der Waals surface area contributed by atoms with Crippen LogP contribution in [-0.2, 0) is 21.2 Å². The lowest BCUT2D eigenvalue weighted by atomic mass is 10.1. The van der Waals surface area contributed by atoms with Gasteiger partial charge in [0.05, 0.1) is 17.1 Å². The van der Waals surface area contributed by atoms with E-state index in [4.69, 9.17) is 9.88 Å². The number of nitrogens with two attached hydrogens (primary N) is 1. The third kappa shape index (κ3) is 4.61. The van der Waals surface area contributed by atoms with E-state index in [-0.39, 0.29) is 10.5 Å². The largest absolute Gasteiger partial charge is 0.462 e. The summed E-state index contributed by atoms with van der Waals surface area (Å²) in [5.41, 5.74) is 1.02. The maximum atomic E-state index is 12.0. The number of unbranched alkanes of at least 4 members (excludes halogenated alkanes) is 2. The molecular formula is C14H21NO4S. The Kier molecular flexibility index (Phi) is 6.16.